The van der Waals surface area contributed by atoms with Gasteiger partial charge in [0.2, 0.25) is 21.8 Å². The lowest BCUT2D eigenvalue weighted by atomic mass is 10.1. The second kappa shape index (κ2) is 11.2. The Morgan fingerprint density at radius 1 is 1.03 bits per heavy atom. The first-order chi connectivity index (χ1) is 15.6. The van der Waals surface area contributed by atoms with Crippen LogP contribution < -0.4 is 9.62 Å². The van der Waals surface area contributed by atoms with Crippen LogP contribution in [-0.4, -0.2) is 49.5 Å². The van der Waals surface area contributed by atoms with Crippen molar-refractivity contribution in [3.05, 3.63) is 63.1 Å². The van der Waals surface area contributed by atoms with E-state index in [1.807, 2.05) is 20.8 Å². The highest BCUT2D eigenvalue weighted by atomic mass is 35.5. The van der Waals surface area contributed by atoms with Gasteiger partial charge >= 0.3 is 0 Å². The lowest BCUT2D eigenvalue weighted by molar-refractivity contribution is -0.140. The first kappa shape index (κ1) is 28.2. The summed E-state index contributed by atoms with van der Waals surface area (Å²) in [6.45, 7) is 6.49. The van der Waals surface area contributed by atoms with E-state index in [4.69, 9.17) is 34.8 Å². The molecule has 0 aliphatic heterocycles. The van der Waals surface area contributed by atoms with Gasteiger partial charge in [-0.2, -0.15) is 0 Å². The maximum Gasteiger partial charge on any atom is 0.244 e. The molecule has 11 heteroatoms. The number of hydrogen-bond donors (Lipinski definition) is 1. The Morgan fingerprint density at radius 2 is 1.65 bits per heavy atom. The lowest BCUT2D eigenvalue weighted by Crippen LogP contribution is -2.54. The average Bonchev–Trinajstić information content (AvgIpc) is 2.68. The fraction of sp³-hybridized carbons (Fsp3) is 0.391. The summed E-state index contributed by atoms with van der Waals surface area (Å²) in [5, 5.41) is 3.92. The van der Waals surface area contributed by atoms with Crippen LogP contribution in [0.15, 0.2) is 42.5 Å². The van der Waals surface area contributed by atoms with Crippen LogP contribution in [0.2, 0.25) is 15.1 Å². The highest BCUT2D eigenvalue weighted by Crippen LogP contribution is 2.25. The van der Waals surface area contributed by atoms with Gasteiger partial charge < -0.3 is 10.2 Å². The molecule has 0 aliphatic carbocycles. The molecule has 2 aromatic rings. The van der Waals surface area contributed by atoms with Crippen molar-refractivity contribution in [1.29, 1.82) is 0 Å². The van der Waals surface area contributed by atoms with E-state index in [1.54, 1.807) is 31.2 Å². The van der Waals surface area contributed by atoms with Gasteiger partial charge in [0, 0.05) is 27.2 Å². The largest absolute Gasteiger partial charge is 0.350 e. The van der Waals surface area contributed by atoms with Gasteiger partial charge in [-0.25, -0.2) is 8.42 Å². The van der Waals surface area contributed by atoms with E-state index in [0.29, 0.717) is 20.6 Å². The van der Waals surface area contributed by atoms with Crippen molar-refractivity contribution in [2.75, 3.05) is 17.1 Å². The number of halogens is 3. The number of rotatable bonds is 8. The zero-order chi connectivity index (χ0) is 25.8. The molecular weight excluding hydrogens is 521 g/mol. The Labute approximate surface area is 216 Å². The second-order valence-electron chi connectivity index (χ2n) is 8.92. The van der Waals surface area contributed by atoms with Crippen LogP contribution in [0.25, 0.3) is 0 Å². The third-order valence-corrected chi connectivity index (χ3v) is 6.76. The smallest absolute Gasteiger partial charge is 0.244 e. The molecule has 0 fully saturated rings. The third-order valence-electron chi connectivity index (χ3n) is 4.80. The number of sulfonamides is 1. The quantitative estimate of drug-likeness (QED) is 0.516. The van der Waals surface area contributed by atoms with Crippen molar-refractivity contribution in [3.8, 4) is 0 Å². The minimum Gasteiger partial charge on any atom is -0.350 e. The number of anilines is 1. The number of carbonyl (C=O) groups excluding carboxylic acids is 2. The Morgan fingerprint density at radius 3 is 2.18 bits per heavy atom. The van der Waals surface area contributed by atoms with Crippen LogP contribution in [0.5, 0.6) is 0 Å². The number of hydrogen-bond acceptors (Lipinski definition) is 4. The van der Waals surface area contributed by atoms with Gasteiger partial charge in [-0.05, 0) is 63.6 Å². The average molecular weight is 549 g/mol. The maximum atomic E-state index is 13.5. The summed E-state index contributed by atoms with van der Waals surface area (Å²) in [6.07, 6.45) is 0.997. The van der Waals surface area contributed by atoms with E-state index in [1.165, 1.54) is 23.1 Å². The molecule has 0 heterocycles. The minimum atomic E-state index is -3.84. The Kier molecular flexibility index (Phi) is 9.27. The summed E-state index contributed by atoms with van der Waals surface area (Å²) >= 11 is 18.3. The Bertz CT molecular complexity index is 1170. The molecule has 0 aromatic heterocycles. The van der Waals surface area contributed by atoms with E-state index in [2.05, 4.69) is 5.32 Å². The molecule has 34 heavy (non-hydrogen) atoms. The molecule has 2 aromatic carbocycles. The molecule has 2 amide bonds. The fourth-order valence-corrected chi connectivity index (χ4v) is 4.63. The van der Waals surface area contributed by atoms with E-state index in [9.17, 15) is 18.0 Å². The SMILES string of the molecule is C[C@H](C(=O)NC(C)(C)C)N(Cc1ccc(Cl)cc1Cl)C(=O)CN(c1cccc(Cl)c1)S(C)(=O)=O. The van der Waals surface area contributed by atoms with Crippen LogP contribution in [0.1, 0.15) is 33.3 Å². The first-order valence-corrected chi connectivity index (χ1v) is 13.4. The summed E-state index contributed by atoms with van der Waals surface area (Å²) in [5.74, 6) is -0.979. The van der Waals surface area contributed by atoms with Crippen molar-refractivity contribution in [3.63, 3.8) is 0 Å². The molecule has 186 valence electrons. The molecule has 0 unspecified atom stereocenters. The van der Waals surface area contributed by atoms with Crippen LogP contribution in [0.3, 0.4) is 0 Å². The monoisotopic (exact) mass is 547 g/mol. The molecule has 0 radical (unpaired) electrons. The van der Waals surface area contributed by atoms with Crippen molar-refractivity contribution in [1.82, 2.24) is 10.2 Å². The van der Waals surface area contributed by atoms with Gasteiger partial charge in [0.05, 0.1) is 11.9 Å². The minimum absolute atomic E-state index is 0.0271. The van der Waals surface area contributed by atoms with Crippen LogP contribution in [0.4, 0.5) is 5.69 Å². The molecule has 7 nitrogen and oxygen atoms in total. The lowest BCUT2D eigenvalue weighted by Gasteiger charge is -2.33. The van der Waals surface area contributed by atoms with E-state index in [0.717, 1.165) is 10.6 Å². The predicted octanol–water partition coefficient (Wildman–Crippen LogP) is 4.74. The third kappa shape index (κ3) is 8.05. The Balaban J connectivity index is 2.44. The number of amides is 2. The number of nitrogens with one attached hydrogen (secondary N) is 1. The summed E-state index contributed by atoms with van der Waals surface area (Å²) in [4.78, 5) is 27.7. The van der Waals surface area contributed by atoms with Gasteiger partial charge in [-0.3, -0.25) is 13.9 Å². The van der Waals surface area contributed by atoms with Crippen molar-refractivity contribution < 1.29 is 18.0 Å². The highest BCUT2D eigenvalue weighted by molar-refractivity contribution is 7.92. The van der Waals surface area contributed by atoms with Crippen molar-refractivity contribution in [2.24, 2.45) is 0 Å². The van der Waals surface area contributed by atoms with Crippen LogP contribution in [-0.2, 0) is 26.2 Å². The molecule has 1 atom stereocenters. The second-order valence-corrected chi connectivity index (χ2v) is 12.1. The van der Waals surface area contributed by atoms with Gasteiger partial charge in [0.25, 0.3) is 0 Å². The molecule has 1 N–H and O–H groups in total. The van der Waals surface area contributed by atoms with E-state index in [-0.39, 0.29) is 18.1 Å². The standard InChI is InChI=1S/C23H28Cl3N3O4S/c1-15(22(31)27-23(2,3)4)28(13-16-9-10-18(25)12-20(16)26)21(30)14-29(34(5,32)33)19-8-6-7-17(24)11-19/h6-12,15H,13-14H2,1-5H3,(H,27,31)/t15-/m1/s1. The molecule has 0 saturated heterocycles. The van der Waals surface area contributed by atoms with Gasteiger partial charge in [-0.1, -0.05) is 46.9 Å². The van der Waals surface area contributed by atoms with Crippen LogP contribution in [0, 0.1) is 0 Å². The van der Waals surface area contributed by atoms with Crippen LogP contribution >= 0.6 is 34.8 Å². The number of nitrogens with zero attached hydrogens (tertiary/aromatic N) is 2. The number of carbonyl (C=O) groups is 2. The van der Waals surface area contributed by atoms with E-state index < -0.39 is 34.1 Å². The zero-order valence-corrected chi connectivity index (χ0v) is 22.7. The fourth-order valence-electron chi connectivity index (χ4n) is 3.14. The first-order valence-electron chi connectivity index (χ1n) is 10.4. The predicted molar refractivity (Wildman–Crippen MR) is 138 cm³/mol. The van der Waals surface area contributed by atoms with E-state index >= 15 is 0 Å². The van der Waals surface area contributed by atoms with Gasteiger partial charge in [-0.15, -0.1) is 0 Å². The van der Waals surface area contributed by atoms with Gasteiger partial charge in [0.15, 0.2) is 0 Å². The molecule has 0 saturated carbocycles. The summed E-state index contributed by atoms with van der Waals surface area (Å²) in [6, 6.07) is 10.1. The molecule has 0 spiro atoms. The molecule has 2 rings (SSSR count). The topological polar surface area (TPSA) is 86.8 Å². The van der Waals surface area contributed by atoms with Crippen molar-refractivity contribution >= 4 is 62.3 Å². The summed E-state index contributed by atoms with van der Waals surface area (Å²) in [7, 11) is -3.84. The van der Waals surface area contributed by atoms with Gasteiger partial charge in [0.1, 0.15) is 12.6 Å². The number of benzene rings is 2. The van der Waals surface area contributed by atoms with Crippen molar-refractivity contribution in [2.45, 2.75) is 45.8 Å². The molecule has 0 bridgehead atoms. The Hall–Kier alpha value is -2.00. The molecule has 0 aliphatic rings. The maximum absolute atomic E-state index is 13.5. The molecular formula is C23H28Cl3N3O4S. The highest BCUT2D eigenvalue weighted by Gasteiger charge is 2.31. The summed E-state index contributed by atoms with van der Waals surface area (Å²) in [5.41, 5.74) is 0.264. The summed E-state index contributed by atoms with van der Waals surface area (Å²) < 4.78 is 26.0. The zero-order valence-electron chi connectivity index (χ0n) is 19.6. The normalized spacial score (nSPS) is 12.7.